The Morgan fingerprint density at radius 1 is 0.964 bits per heavy atom. The number of benzene rings is 3. The first-order valence-corrected chi connectivity index (χ1v) is 19.3. The number of nitrogens with zero attached hydrogens (tertiary/aromatic N) is 6. The van der Waals surface area contributed by atoms with E-state index in [0.29, 0.717) is 22.5 Å². The second-order valence-electron chi connectivity index (χ2n) is 15.0. The van der Waals surface area contributed by atoms with Gasteiger partial charge in [-0.15, -0.1) is 11.3 Å². The molecule has 0 saturated carbocycles. The second-order valence-corrected chi connectivity index (χ2v) is 16.1. The highest BCUT2D eigenvalue weighted by atomic mass is 32.1. The average Bonchev–Trinajstić information content (AvgIpc) is 3.75. The zero-order chi connectivity index (χ0) is 39.7. The van der Waals surface area contributed by atoms with E-state index in [0.717, 1.165) is 37.7 Å². The normalized spacial score (nSPS) is 15.7. The van der Waals surface area contributed by atoms with Crippen LogP contribution in [0.5, 0.6) is 0 Å². The van der Waals surface area contributed by atoms with Gasteiger partial charge in [-0.05, 0) is 75.2 Å². The summed E-state index contributed by atoms with van der Waals surface area (Å²) in [6.07, 6.45) is 1.72. The Labute approximate surface area is 329 Å². The third-order valence-corrected chi connectivity index (χ3v) is 10.8. The molecule has 4 heterocycles. The monoisotopic (exact) mass is 775 g/mol. The van der Waals surface area contributed by atoms with Crippen molar-refractivity contribution in [2.24, 2.45) is 0 Å². The summed E-state index contributed by atoms with van der Waals surface area (Å²) in [7, 11) is 3.92. The van der Waals surface area contributed by atoms with Crippen molar-refractivity contribution >= 4 is 62.6 Å². The number of aromatic nitrogens is 2. The molecule has 14 heteroatoms. The molecule has 1 fully saturated rings. The van der Waals surface area contributed by atoms with Crippen molar-refractivity contribution in [3.63, 3.8) is 0 Å². The number of ether oxygens (including phenoxy) is 2. The summed E-state index contributed by atoms with van der Waals surface area (Å²) in [5, 5.41) is 0.851. The lowest BCUT2D eigenvalue weighted by molar-refractivity contribution is -0.153. The van der Waals surface area contributed by atoms with E-state index in [1.54, 1.807) is 18.2 Å². The minimum Gasteiger partial charge on any atom is -0.443 e. The minimum atomic E-state index is -0.764. The van der Waals surface area contributed by atoms with Crippen LogP contribution in [0.4, 0.5) is 22.0 Å². The van der Waals surface area contributed by atoms with Crippen LogP contribution in [0.3, 0.4) is 0 Å². The third-order valence-electron chi connectivity index (χ3n) is 9.78. The maximum Gasteiger partial charge on any atom is 0.414 e. The molecule has 5 aromatic rings. The lowest BCUT2D eigenvalue weighted by Crippen LogP contribution is -2.55. The highest BCUT2D eigenvalue weighted by molar-refractivity contribution is 7.21. The average molecular weight is 776 g/mol. The van der Waals surface area contributed by atoms with Crippen LogP contribution >= 0.6 is 11.3 Å². The van der Waals surface area contributed by atoms with Gasteiger partial charge in [0.05, 0.1) is 36.5 Å². The Hall–Kier alpha value is -5.86. The highest BCUT2D eigenvalue weighted by Crippen LogP contribution is 2.35. The van der Waals surface area contributed by atoms with Crippen molar-refractivity contribution in [1.29, 1.82) is 0 Å². The zero-order valence-electron chi connectivity index (χ0n) is 32.2. The van der Waals surface area contributed by atoms with Crippen molar-refractivity contribution in [2.45, 2.75) is 51.8 Å². The number of pyridine rings is 1. The van der Waals surface area contributed by atoms with Crippen LogP contribution in [0.1, 0.15) is 49.5 Å². The van der Waals surface area contributed by atoms with Crippen LogP contribution in [0.15, 0.2) is 79.0 Å². The van der Waals surface area contributed by atoms with Crippen LogP contribution in [-0.4, -0.2) is 95.6 Å². The van der Waals surface area contributed by atoms with Gasteiger partial charge in [-0.3, -0.25) is 24.2 Å². The van der Waals surface area contributed by atoms with E-state index < -0.39 is 23.6 Å². The highest BCUT2D eigenvalue weighted by Gasteiger charge is 2.43. The summed E-state index contributed by atoms with van der Waals surface area (Å²) in [5.74, 6) is -0.110. The van der Waals surface area contributed by atoms with Crippen LogP contribution < -0.4 is 15.5 Å². The lowest BCUT2D eigenvalue weighted by Gasteiger charge is -2.35. The number of piperidine rings is 1. The Bertz CT molecular complexity index is 2280. The van der Waals surface area contributed by atoms with Gasteiger partial charge in [-0.1, -0.05) is 30.3 Å². The number of nitrogens with two attached hydrogens (primary N) is 1. The minimum absolute atomic E-state index is 0.0218. The Balaban J connectivity index is 0.997. The van der Waals surface area contributed by atoms with E-state index in [1.807, 2.05) is 82.4 Å². The number of anilines is 3. The number of likely N-dealkylation sites (tertiary alicyclic amines) is 1. The largest absolute Gasteiger partial charge is 0.443 e. The fourth-order valence-corrected chi connectivity index (χ4v) is 7.87. The SMILES string of the molecule is CN(C)c1ccc(-c2ccc(-c3nc4ccc(N(CCOCCN5C(=O)CCC(N6Cc7c(N)cccc7C6=O)C5=O)C(=O)OC(C)(C)C)cc4s3)cc2)cn1. The molecule has 7 rings (SSSR count). The number of hydrogen-bond acceptors (Lipinski definition) is 11. The summed E-state index contributed by atoms with van der Waals surface area (Å²) in [4.78, 5) is 68.6. The van der Waals surface area contributed by atoms with Crippen LogP contribution in [0.25, 0.3) is 31.9 Å². The zero-order valence-corrected chi connectivity index (χ0v) is 33.0. The topological polar surface area (TPSA) is 152 Å². The van der Waals surface area contributed by atoms with Gasteiger partial charge >= 0.3 is 6.09 Å². The van der Waals surface area contributed by atoms with Gasteiger partial charge < -0.3 is 25.0 Å². The van der Waals surface area contributed by atoms with E-state index >= 15 is 0 Å². The predicted octanol–water partition coefficient (Wildman–Crippen LogP) is 6.61. The molecule has 0 radical (unpaired) electrons. The molecule has 2 aliphatic rings. The van der Waals surface area contributed by atoms with E-state index in [-0.39, 0.29) is 57.5 Å². The van der Waals surface area contributed by atoms with Gasteiger partial charge in [0.15, 0.2) is 0 Å². The Morgan fingerprint density at radius 3 is 2.41 bits per heavy atom. The number of nitrogen functional groups attached to an aromatic ring is 1. The molecule has 2 N–H and O–H groups in total. The number of thiazole rings is 1. The molecule has 2 aliphatic heterocycles. The van der Waals surface area contributed by atoms with E-state index in [4.69, 9.17) is 20.2 Å². The molecule has 0 bridgehead atoms. The smallest absolute Gasteiger partial charge is 0.414 e. The number of carbonyl (C=O) groups excluding carboxylic acids is 4. The molecule has 0 aliphatic carbocycles. The van der Waals surface area contributed by atoms with Crippen molar-refractivity contribution in [2.75, 3.05) is 55.9 Å². The first kappa shape index (κ1) is 38.4. The van der Waals surface area contributed by atoms with Crippen LogP contribution in [0.2, 0.25) is 0 Å². The number of amides is 4. The van der Waals surface area contributed by atoms with Crippen molar-refractivity contribution < 1.29 is 28.7 Å². The lowest BCUT2D eigenvalue weighted by atomic mass is 10.0. The summed E-state index contributed by atoms with van der Waals surface area (Å²) < 4.78 is 12.6. The van der Waals surface area contributed by atoms with E-state index in [2.05, 4.69) is 23.2 Å². The van der Waals surface area contributed by atoms with Crippen molar-refractivity contribution in [3.8, 4) is 21.7 Å². The maximum atomic E-state index is 13.5. The number of carbonyl (C=O) groups is 4. The van der Waals surface area contributed by atoms with Crippen LogP contribution in [-0.2, 0) is 25.6 Å². The van der Waals surface area contributed by atoms with Gasteiger partial charge in [0.25, 0.3) is 11.8 Å². The molecule has 1 unspecified atom stereocenters. The quantitative estimate of drug-likeness (QED) is 0.0883. The third kappa shape index (κ3) is 8.07. The fraction of sp³-hybridized carbons (Fsp3) is 0.333. The van der Waals surface area contributed by atoms with Crippen LogP contribution in [0, 0.1) is 0 Å². The molecular formula is C42H45N7O6S. The second kappa shape index (κ2) is 15.7. The molecule has 56 heavy (non-hydrogen) atoms. The molecule has 1 atom stereocenters. The van der Waals surface area contributed by atoms with Gasteiger partial charge in [0, 0.05) is 66.9 Å². The van der Waals surface area contributed by atoms with Gasteiger partial charge in [-0.2, -0.15) is 0 Å². The number of hydrogen-bond donors (Lipinski definition) is 1. The molecular weight excluding hydrogens is 731 g/mol. The Morgan fingerprint density at radius 2 is 1.71 bits per heavy atom. The molecule has 2 aromatic heterocycles. The molecule has 4 amide bonds. The molecule has 13 nitrogen and oxygen atoms in total. The van der Waals surface area contributed by atoms with E-state index in [1.165, 1.54) is 26.0 Å². The first-order chi connectivity index (χ1) is 26.8. The van der Waals surface area contributed by atoms with Gasteiger partial charge in [0.2, 0.25) is 5.91 Å². The van der Waals surface area contributed by atoms with Crippen molar-refractivity contribution in [3.05, 3.63) is 90.1 Å². The summed E-state index contributed by atoms with van der Waals surface area (Å²) in [6.45, 7) is 6.00. The molecule has 1 saturated heterocycles. The van der Waals surface area contributed by atoms with Gasteiger partial charge in [0.1, 0.15) is 22.5 Å². The molecule has 3 aromatic carbocycles. The number of rotatable bonds is 11. The molecule has 290 valence electrons. The van der Waals surface area contributed by atoms with Gasteiger partial charge in [-0.25, -0.2) is 14.8 Å². The number of fused-ring (bicyclic) bond motifs is 2. The van der Waals surface area contributed by atoms with Crippen molar-refractivity contribution in [1.82, 2.24) is 19.8 Å². The Kier molecular flexibility index (Phi) is 10.8. The molecule has 0 spiro atoms. The van der Waals surface area contributed by atoms with E-state index in [9.17, 15) is 19.2 Å². The predicted molar refractivity (Wildman–Crippen MR) is 217 cm³/mol. The standard InChI is InChI=1S/C42H45N7O6S/c1-42(2,3)55-41(53)47(19-21-54-22-20-48-37(50)18-16-34(40(48)52)49-25-31-30(39(49)51)7-6-8-32(31)43)29-14-15-33-35(23-29)56-38(45-33)27-11-9-26(10-12-27)28-13-17-36(44-24-28)46(4)5/h6-15,17,23-24,34H,16,18-22,25,43H2,1-5H3. The maximum absolute atomic E-state index is 13.5. The summed E-state index contributed by atoms with van der Waals surface area (Å²) in [5.41, 5.74) is 11.5. The summed E-state index contributed by atoms with van der Waals surface area (Å²) in [6, 6.07) is 22.3. The fourth-order valence-electron chi connectivity index (χ4n) is 6.86. The number of imide groups is 1. The summed E-state index contributed by atoms with van der Waals surface area (Å²) >= 11 is 1.53. The first-order valence-electron chi connectivity index (χ1n) is 18.5.